The third kappa shape index (κ3) is 4.12. The molecule has 1 aliphatic heterocycles. The van der Waals surface area contributed by atoms with Crippen molar-refractivity contribution in [2.24, 2.45) is 0 Å². The number of ketones is 2. The fraction of sp³-hybridized carbons (Fsp3) is 0.200. The number of aryl methyl sites for hydroxylation is 1. The van der Waals surface area contributed by atoms with E-state index in [0.29, 0.717) is 16.3 Å². The van der Waals surface area contributed by atoms with Crippen LogP contribution < -0.4 is 14.4 Å². The van der Waals surface area contributed by atoms with Gasteiger partial charge in [0, 0.05) is 18.1 Å². The number of hydrogen-bond acceptors (Lipinski definition) is 9. The van der Waals surface area contributed by atoms with Crippen LogP contribution in [0.5, 0.6) is 17.2 Å². The van der Waals surface area contributed by atoms with Gasteiger partial charge in [0.05, 0.1) is 30.4 Å². The van der Waals surface area contributed by atoms with E-state index < -0.39 is 23.5 Å². The van der Waals surface area contributed by atoms with Crippen molar-refractivity contribution < 1.29 is 34.1 Å². The number of aliphatic hydroxyl groups is 1. The molecular formula is C25H22N2O7S. The van der Waals surface area contributed by atoms with Gasteiger partial charge in [0.15, 0.2) is 10.9 Å². The van der Waals surface area contributed by atoms with Crippen molar-refractivity contribution in [3.05, 3.63) is 69.7 Å². The number of thiazole rings is 1. The first-order valence-electron chi connectivity index (χ1n) is 10.5. The van der Waals surface area contributed by atoms with Crippen LogP contribution in [0.3, 0.4) is 0 Å². The number of hydrogen-bond donors (Lipinski definition) is 2. The minimum Gasteiger partial charge on any atom is -0.508 e. The SMILES string of the molecule is COc1ccc(C(O)=C2C(=O)C(=O)N(c3nc(C)c(C(C)=O)s3)[C@@H]2c2cc(O)ccc2OC)cc1. The first-order valence-corrected chi connectivity index (χ1v) is 11.3. The number of benzene rings is 2. The summed E-state index contributed by atoms with van der Waals surface area (Å²) in [5.41, 5.74) is 0.754. The number of nitrogens with zero attached hydrogens (tertiary/aromatic N) is 2. The van der Waals surface area contributed by atoms with E-state index in [1.807, 2.05) is 0 Å². The van der Waals surface area contributed by atoms with Crippen LogP contribution in [0, 0.1) is 6.92 Å². The topological polar surface area (TPSA) is 126 Å². The summed E-state index contributed by atoms with van der Waals surface area (Å²) in [5, 5.41) is 21.5. The van der Waals surface area contributed by atoms with Crippen LogP contribution in [0.2, 0.25) is 0 Å². The number of ether oxygens (including phenoxy) is 2. The standard InChI is InChI=1S/C25H22N2O7S/c1-12-23(13(2)28)35-25(26-12)27-20(17-11-15(29)7-10-18(17)34-4)19(22(31)24(27)32)21(30)14-5-8-16(33-3)9-6-14/h5-11,20,29-30H,1-4H3/t20-/m1/s1. The number of phenols is 1. The van der Waals surface area contributed by atoms with Gasteiger partial charge in [0.2, 0.25) is 0 Å². The molecular weight excluding hydrogens is 472 g/mol. The molecule has 10 heteroatoms. The van der Waals surface area contributed by atoms with E-state index in [9.17, 15) is 24.6 Å². The maximum atomic E-state index is 13.3. The second kappa shape index (κ2) is 9.22. The van der Waals surface area contributed by atoms with E-state index in [1.54, 1.807) is 31.2 Å². The van der Waals surface area contributed by atoms with Gasteiger partial charge in [0.1, 0.15) is 29.0 Å². The average molecular weight is 495 g/mol. The highest BCUT2D eigenvalue weighted by Gasteiger charge is 2.49. The van der Waals surface area contributed by atoms with Crippen LogP contribution in [-0.4, -0.2) is 46.9 Å². The zero-order chi connectivity index (χ0) is 25.4. The maximum absolute atomic E-state index is 13.3. The summed E-state index contributed by atoms with van der Waals surface area (Å²) in [6, 6.07) is 9.40. The maximum Gasteiger partial charge on any atom is 0.301 e. The Morgan fingerprint density at radius 3 is 2.34 bits per heavy atom. The highest BCUT2D eigenvalue weighted by atomic mass is 32.1. The van der Waals surface area contributed by atoms with Gasteiger partial charge in [-0.3, -0.25) is 19.3 Å². The molecule has 1 amide bonds. The molecule has 0 spiro atoms. The van der Waals surface area contributed by atoms with Crippen LogP contribution >= 0.6 is 11.3 Å². The molecule has 0 radical (unpaired) electrons. The molecule has 1 atom stereocenters. The van der Waals surface area contributed by atoms with E-state index >= 15 is 0 Å². The molecule has 2 heterocycles. The average Bonchev–Trinajstić information content (AvgIpc) is 3.35. The smallest absolute Gasteiger partial charge is 0.301 e. The Balaban J connectivity index is 1.99. The molecule has 0 bridgehead atoms. The van der Waals surface area contributed by atoms with Gasteiger partial charge in [-0.05, 0) is 49.4 Å². The third-order valence-electron chi connectivity index (χ3n) is 5.63. The number of anilines is 1. The van der Waals surface area contributed by atoms with Crippen molar-refractivity contribution >= 4 is 39.7 Å². The van der Waals surface area contributed by atoms with Crippen molar-refractivity contribution in [3.63, 3.8) is 0 Å². The zero-order valence-electron chi connectivity index (χ0n) is 19.4. The number of phenolic OH excluding ortho intramolecular Hbond substituents is 1. The second-order valence-electron chi connectivity index (χ2n) is 7.79. The monoisotopic (exact) mass is 494 g/mol. The minimum absolute atomic E-state index is 0.110. The van der Waals surface area contributed by atoms with Crippen LogP contribution in [0.25, 0.3) is 5.76 Å². The van der Waals surface area contributed by atoms with Crippen LogP contribution in [0.15, 0.2) is 48.0 Å². The molecule has 1 saturated heterocycles. The zero-order valence-corrected chi connectivity index (χ0v) is 20.2. The number of aromatic hydroxyl groups is 1. The van der Waals surface area contributed by atoms with Crippen molar-refractivity contribution in [1.29, 1.82) is 0 Å². The lowest BCUT2D eigenvalue weighted by Crippen LogP contribution is -2.29. The van der Waals surface area contributed by atoms with Gasteiger partial charge >= 0.3 is 5.91 Å². The molecule has 35 heavy (non-hydrogen) atoms. The van der Waals surface area contributed by atoms with Gasteiger partial charge in [0.25, 0.3) is 5.78 Å². The molecule has 180 valence electrons. The summed E-state index contributed by atoms with van der Waals surface area (Å²) in [6.45, 7) is 3.02. The van der Waals surface area contributed by atoms with Crippen LogP contribution in [0.1, 0.15) is 39.5 Å². The second-order valence-corrected chi connectivity index (χ2v) is 8.77. The van der Waals surface area contributed by atoms with Gasteiger partial charge in [-0.15, -0.1) is 0 Å². The lowest BCUT2D eigenvalue weighted by molar-refractivity contribution is -0.132. The van der Waals surface area contributed by atoms with Crippen molar-refractivity contribution in [3.8, 4) is 17.2 Å². The number of carbonyl (C=O) groups excluding carboxylic acids is 3. The lowest BCUT2D eigenvalue weighted by Gasteiger charge is -2.24. The molecule has 1 aliphatic rings. The van der Waals surface area contributed by atoms with Gasteiger partial charge in [-0.2, -0.15) is 0 Å². The van der Waals surface area contributed by atoms with Crippen molar-refractivity contribution in [2.75, 3.05) is 19.1 Å². The molecule has 3 aromatic rings. The Kier molecular flexibility index (Phi) is 6.31. The number of aromatic nitrogens is 1. The Morgan fingerprint density at radius 2 is 1.77 bits per heavy atom. The molecule has 2 aromatic carbocycles. The van der Waals surface area contributed by atoms with Gasteiger partial charge < -0.3 is 19.7 Å². The summed E-state index contributed by atoms with van der Waals surface area (Å²) < 4.78 is 10.6. The Hall–Kier alpha value is -4.18. The van der Waals surface area contributed by atoms with E-state index in [2.05, 4.69) is 4.98 Å². The van der Waals surface area contributed by atoms with E-state index in [-0.39, 0.29) is 39.1 Å². The first-order chi connectivity index (χ1) is 16.7. The summed E-state index contributed by atoms with van der Waals surface area (Å²) >= 11 is 0.969. The van der Waals surface area contributed by atoms with E-state index in [1.165, 1.54) is 39.3 Å². The highest BCUT2D eigenvalue weighted by Crippen LogP contribution is 2.47. The Labute approximate surface area is 204 Å². The molecule has 1 aromatic heterocycles. The molecule has 4 rings (SSSR count). The third-order valence-corrected chi connectivity index (χ3v) is 6.88. The van der Waals surface area contributed by atoms with Crippen molar-refractivity contribution in [1.82, 2.24) is 4.98 Å². The first kappa shape index (κ1) is 24.0. The van der Waals surface area contributed by atoms with E-state index in [0.717, 1.165) is 16.2 Å². The Bertz CT molecular complexity index is 1370. The fourth-order valence-electron chi connectivity index (χ4n) is 3.98. The van der Waals surface area contributed by atoms with Crippen LogP contribution in [0.4, 0.5) is 5.13 Å². The lowest BCUT2D eigenvalue weighted by atomic mass is 9.94. The molecule has 0 aliphatic carbocycles. The Morgan fingerprint density at radius 1 is 1.09 bits per heavy atom. The number of methoxy groups -OCH3 is 2. The summed E-state index contributed by atoms with van der Waals surface area (Å²) in [4.78, 5) is 44.5. The number of Topliss-reactive ketones (excluding diaryl/α,β-unsaturated/α-hetero) is 2. The van der Waals surface area contributed by atoms with Gasteiger partial charge in [-0.25, -0.2) is 4.98 Å². The van der Waals surface area contributed by atoms with E-state index in [4.69, 9.17) is 9.47 Å². The summed E-state index contributed by atoms with van der Waals surface area (Å²) in [5.74, 6) is -1.82. The summed E-state index contributed by atoms with van der Waals surface area (Å²) in [7, 11) is 2.91. The largest absolute Gasteiger partial charge is 0.508 e. The quantitative estimate of drug-likeness (QED) is 0.228. The molecule has 1 fully saturated rings. The summed E-state index contributed by atoms with van der Waals surface area (Å²) in [6.07, 6.45) is 0. The molecule has 9 nitrogen and oxygen atoms in total. The molecule has 0 saturated carbocycles. The highest BCUT2D eigenvalue weighted by molar-refractivity contribution is 7.18. The van der Waals surface area contributed by atoms with Gasteiger partial charge in [-0.1, -0.05) is 11.3 Å². The van der Waals surface area contributed by atoms with Crippen molar-refractivity contribution in [2.45, 2.75) is 19.9 Å². The normalized spacial score (nSPS) is 17.0. The fourth-order valence-corrected chi connectivity index (χ4v) is 4.96. The minimum atomic E-state index is -1.18. The molecule has 2 N–H and O–H groups in total. The number of aliphatic hydroxyl groups excluding tert-OH is 1. The predicted octanol–water partition coefficient (Wildman–Crippen LogP) is 4.00. The number of rotatable bonds is 6. The molecule has 0 unspecified atom stereocenters. The number of carbonyl (C=O) groups is 3. The predicted molar refractivity (Wildman–Crippen MR) is 129 cm³/mol. The van der Waals surface area contributed by atoms with Crippen LogP contribution in [-0.2, 0) is 9.59 Å². The number of amides is 1.